The van der Waals surface area contributed by atoms with Crippen LogP contribution in [-0.2, 0) is 0 Å². The molecule has 9 heteroatoms. The number of aliphatic imine (C=N–C) groups is 1. The van der Waals surface area contributed by atoms with Crippen LogP contribution in [0.25, 0.3) is 0 Å². The highest BCUT2D eigenvalue weighted by Gasteiger charge is 2.27. The van der Waals surface area contributed by atoms with Gasteiger partial charge in [0.1, 0.15) is 5.82 Å². The van der Waals surface area contributed by atoms with Crippen LogP contribution in [0.2, 0.25) is 5.02 Å². The molecule has 1 aromatic rings. The van der Waals surface area contributed by atoms with Crippen molar-refractivity contribution >= 4 is 23.4 Å². The van der Waals surface area contributed by atoms with E-state index in [0.717, 1.165) is 18.8 Å². The maximum Gasteiger partial charge on any atom is 0.390 e. The number of alkyl halides is 3. The number of rotatable bonds is 4. The van der Waals surface area contributed by atoms with Gasteiger partial charge >= 0.3 is 6.18 Å². The van der Waals surface area contributed by atoms with Gasteiger partial charge in [-0.2, -0.15) is 13.2 Å². The van der Waals surface area contributed by atoms with E-state index in [9.17, 15) is 13.2 Å². The third-order valence-corrected chi connectivity index (χ3v) is 3.79. The summed E-state index contributed by atoms with van der Waals surface area (Å²) in [5.74, 6) is 1.09. The third kappa shape index (κ3) is 5.46. The summed E-state index contributed by atoms with van der Waals surface area (Å²) >= 11 is 6.13. The van der Waals surface area contributed by atoms with Gasteiger partial charge in [0.25, 0.3) is 0 Å². The Morgan fingerprint density at radius 3 is 2.96 bits per heavy atom. The highest BCUT2D eigenvalue weighted by Crippen LogP contribution is 2.25. The van der Waals surface area contributed by atoms with Gasteiger partial charge in [-0.3, -0.25) is 4.99 Å². The van der Waals surface area contributed by atoms with Crippen molar-refractivity contribution in [3.63, 3.8) is 0 Å². The van der Waals surface area contributed by atoms with Gasteiger partial charge in [-0.25, -0.2) is 4.98 Å². The second kappa shape index (κ2) is 7.72. The minimum absolute atomic E-state index is 0.0742. The maximum atomic E-state index is 12.2. The van der Waals surface area contributed by atoms with Crippen LogP contribution in [-0.4, -0.2) is 49.8 Å². The SMILES string of the molecule is CN=C(NCCC(F)(F)F)NC1CCN(c2ncccc2Cl)C1. The minimum Gasteiger partial charge on any atom is -0.356 e. The van der Waals surface area contributed by atoms with E-state index in [0.29, 0.717) is 17.5 Å². The zero-order chi connectivity index (χ0) is 16.9. The van der Waals surface area contributed by atoms with Gasteiger partial charge in [0.05, 0.1) is 11.4 Å². The van der Waals surface area contributed by atoms with E-state index >= 15 is 0 Å². The molecular weight excluding hydrogens is 331 g/mol. The van der Waals surface area contributed by atoms with Crippen molar-refractivity contribution in [2.24, 2.45) is 4.99 Å². The van der Waals surface area contributed by atoms with Crippen molar-refractivity contribution < 1.29 is 13.2 Å². The zero-order valence-corrected chi connectivity index (χ0v) is 13.5. The average molecular weight is 350 g/mol. The summed E-state index contributed by atoms with van der Waals surface area (Å²) in [6, 6.07) is 3.62. The Balaban J connectivity index is 1.83. The molecule has 1 aliphatic rings. The number of nitrogens with one attached hydrogen (secondary N) is 2. The molecule has 2 rings (SSSR count). The summed E-state index contributed by atoms with van der Waals surface area (Å²) in [6.07, 6.45) is -2.56. The molecule has 0 saturated carbocycles. The molecule has 5 nitrogen and oxygen atoms in total. The fourth-order valence-electron chi connectivity index (χ4n) is 2.39. The Bertz CT molecular complexity index is 549. The first-order valence-electron chi connectivity index (χ1n) is 7.28. The van der Waals surface area contributed by atoms with Crippen molar-refractivity contribution in [3.05, 3.63) is 23.4 Å². The predicted molar refractivity (Wildman–Crippen MR) is 85.0 cm³/mol. The Hall–Kier alpha value is -1.70. The van der Waals surface area contributed by atoms with Gasteiger partial charge in [-0.1, -0.05) is 11.6 Å². The Kier molecular flexibility index (Phi) is 5.92. The quantitative estimate of drug-likeness (QED) is 0.647. The van der Waals surface area contributed by atoms with Crippen LogP contribution < -0.4 is 15.5 Å². The van der Waals surface area contributed by atoms with E-state index in [-0.39, 0.29) is 12.6 Å². The number of hydrogen-bond acceptors (Lipinski definition) is 3. The fourth-order valence-corrected chi connectivity index (χ4v) is 2.63. The molecule has 0 spiro atoms. The minimum atomic E-state index is -4.17. The molecule has 0 bridgehead atoms. The molecule has 23 heavy (non-hydrogen) atoms. The number of guanidine groups is 1. The Morgan fingerprint density at radius 1 is 1.52 bits per heavy atom. The molecule has 0 radical (unpaired) electrons. The number of aromatic nitrogens is 1. The van der Waals surface area contributed by atoms with Crippen molar-refractivity contribution in [2.75, 3.05) is 31.6 Å². The lowest BCUT2D eigenvalue weighted by Crippen LogP contribution is -2.45. The smallest absolute Gasteiger partial charge is 0.356 e. The molecular formula is C14H19ClF3N5. The molecule has 2 N–H and O–H groups in total. The van der Waals surface area contributed by atoms with Crippen molar-refractivity contribution in [2.45, 2.75) is 25.1 Å². The lowest BCUT2D eigenvalue weighted by Gasteiger charge is -2.20. The van der Waals surface area contributed by atoms with Gasteiger partial charge in [0.2, 0.25) is 0 Å². The molecule has 0 aromatic carbocycles. The van der Waals surface area contributed by atoms with Crippen LogP contribution in [0.15, 0.2) is 23.3 Å². The van der Waals surface area contributed by atoms with Crippen LogP contribution in [0.5, 0.6) is 0 Å². The Morgan fingerprint density at radius 2 is 2.30 bits per heavy atom. The number of pyridine rings is 1. The third-order valence-electron chi connectivity index (χ3n) is 3.49. The molecule has 0 amide bonds. The molecule has 1 aliphatic heterocycles. The number of nitrogens with zero attached hydrogens (tertiary/aromatic N) is 3. The van der Waals surface area contributed by atoms with E-state index < -0.39 is 12.6 Å². The fraction of sp³-hybridized carbons (Fsp3) is 0.571. The number of anilines is 1. The number of hydrogen-bond donors (Lipinski definition) is 2. The van der Waals surface area contributed by atoms with Crippen LogP contribution in [0, 0.1) is 0 Å². The number of halogens is 4. The lowest BCUT2D eigenvalue weighted by atomic mass is 10.3. The Labute approximate surface area is 137 Å². The first-order chi connectivity index (χ1) is 10.9. The van der Waals surface area contributed by atoms with E-state index in [4.69, 9.17) is 11.6 Å². The van der Waals surface area contributed by atoms with E-state index in [2.05, 4.69) is 20.6 Å². The predicted octanol–water partition coefficient (Wildman–Crippen LogP) is 2.43. The van der Waals surface area contributed by atoms with Gasteiger partial charge in [0.15, 0.2) is 5.96 Å². The molecule has 0 aliphatic carbocycles. The van der Waals surface area contributed by atoms with E-state index in [1.807, 2.05) is 4.90 Å². The van der Waals surface area contributed by atoms with Gasteiger partial charge in [0, 0.05) is 38.9 Å². The van der Waals surface area contributed by atoms with E-state index in [1.165, 1.54) is 7.05 Å². The first kappa shape index (κ1) is 17.7. The average Bonchev–Trinajstić information content (AvgIpc) is 2.93. The zero-order valence-electron chi connectivity index (χ0n) is 12.7. The lowest BCUT2D eigenvalue weighted by molar-refractivity contribution is -0.132. The largest absolute Gasteiger partial charge is 0.390 e. The topological polar surface area (TPSA) is 52.6 Å². The van der Waals surface area contributed by atoms with Crippen LogP contribution >= 0.6 is 11.6 Å². The van der Waals surface area contributed by atoms with Gasteiger partial charge in [-0.05, 0) is 18.6 Å². The first-order valence-corrected chi connectivity index (χ1v) is 7.66. The summed E-state index contributed by atoms with van der Waals surface area (Å²) in [4.78, 5) is 10.3. The molecule has 1 saturated heterocycles. The second-order valence-electron chi connectivity index (χ2n) is 5.25. The summed E-state index contributed by atoms with van der Waals surface area (Å²) in [5.41, 5.74) is 0. The molecule has 1 atom stereocenters. The van der Waals surface area contributed by atoms with Crippen molar-refractivity contribution in [1.29, 1.82) is 0 Å². The monoisotopic (exact) mass is 349 g/mol. The molecule has 2 heterocycles. The van der Waals surface area contributed by atoms with Crippen molar-refractivity contribution in [1.82, 2.24) is 15.6 Å². The van der Waals surface area contributed by atoms with Crippen LogP contribution in [0.3, 0.4) is 0 Å². The van der Waals surface area contributed by atoms with Gasteiger partial charge in [-0.15, -0.1) is 0 Å². The normalized spacial score (nSPS) is 19.1. The molecule has 128 valence electrons. The standard InChI is InChI=1S/C14H19ClF3N5/c1-19-13(21-7-5-14(16,17)18)22-10-4-8-23(9-10)12-11(15)3-2-6-20-12/h2-3,6,10H,4-5,7-9H2,1H3,(H2,19,21,22). The van der Waals surface area contributed by atoms with Crippen LogP contribution in [0.1, 0.15) is 12.8 Å². The summed E-state index contributed by atoms with van der Waals surface area (Å²) in [5, 5.41) is 6.39. The van der Waals surface area contributed by atoms with Crippen molar-refractivity contribution in [3.8, 4) is 0 Å². The maximum absolute atomic E-state index is 12.2. The van der Waals surface area contributed by atoms with Crippen LogP contribution in [0.4, 0.5) is 19.0 Å². The highest BCUT2D eigenvalue weighted by molar-refractivity contribution is 6.32. The molecule has 1 fully saturated rings. The van der Waals surface area contributed by atoms with Gasteiger partial charge < -0.3 is 15.5 Å². The molecule has 1 unspecified atom stereocenters. The summed E-state index contributed by atoms with van der Waals surface area (Å²) < 4.78 is 36.5. The summed E-state index contributed by atoms with van der Waals surface area (Å²) in [6.45, 7) is 1.23. The molecule has 1 aromatic heterocycles. The van der Waals surface area contributed by atoms with E-state index in [1.54, 1.807) is 18.3 Å². The highest BCUT2D eigenvalue weighted by atomic mass is 35.5. The second-order valence-corrected chi connectivity index (χ2v) is 5.66. The summed E-state index contributed by atoms with van der Waals surface area (Å²) in [7, 11) is 1.53.